The number of rotatable bonds is 3. The summed E-state index contributed by atoms with van der Waals surface area (Å²) >= 11 is 0. The van der Waals surface area contributed by atoms with Gasteiger partial charge >= 0.3 is 0 Å². The van der Waals surface area contributed by atoms with Gasteiger partial charge in [0.2, 0.25) is 5.88 Å². The molecule has 1 amide bonds. The van der Waals surface area contributed by atoms with Gasteiger partial charge in [0.25, 0.3) is 5.91 Å². The summed E-state index contributed by atoms with van der Waals surface area (Å²) in [5.74, 6) is 1.14. The molecule has 0 N–H and O–H groups in total. The lowest BCUT2D eigenvalue weighted by Crippen LogP contribution is -2.42. The number of amides is 1. The molecule has 6 nitrogen and oxygen atoms in total. The smallest absolute Gasteiger partial charge is 0.254 e. The summed E-state index contributed by atoms with van der Waals surface area (Å²) in [6.45, 7) is 0. The number of carbonyl (C=O) groups is 1. The number of nitrogens with zero attached hydrogens (tertiary/aromatic N) is 4. The Morgan fingerprint density at radius 2 is 2.07 bits per heavy atom. The summed E-state index contributed by atoms with van der Waals surface area (Å²) in [5, 5.41) is 0. The first kappa shape index (κ1) is 15.9. The van der Waals surface area contributed by atoms with Gasteiger partial charge in [-0.05, 0) is 37.1 Å². The summed E-state index contributed by atoms with van der Waals surface area (Å²) in [4.78, 5) is 28.0. The van der Waals surface area contributed by atoms with E-state index in [1.165, 1.54) is 0 Å². The topological polar surface area (TPSA) is 68.2 Å². The molecule has 5 rings (SSSR count). The summed E-state index contributed by atoms with van der Waals surface area (Å²) < 4.78 is 5.78. The number of ether oxygens (including phenoxy) is 1. The largest absolute Gasteiger partial charge is 0.439 e. The minimum absolute atomic E-state index is 0.0310. The number of pyridine rings is 1. The number of benzene rings is 1. The van der Waals surface area contributed by atoms with Crippen LogP contribution in [0.5, 0.6) is 11.6 Å². The Labute approximate surface area is 156 Å². The monoisotopic (exact) mass is 358 g/mol. The van der Waals surface area contributed by atoms with Gasteiger partial charge in [-0.3, -0.25) is 4.79 Å². The van der Waals surface area contributed by atoms with Gasteiger partial charge in [0.1, 0.15) is 12.1 Å². The van der Waals surface area contributed by atoms with Crippen molar-refractivity contribution in [3.63, 3.8) is 0 Å². The Hall–Kier alpha value is -3.28. The van der Waals surface area contributed by atoms with E-state index >= 15 is 0 Å². The van der Waals surface area contributed by atoms with Crippen molar-refractivity contribution in [1.82, 2.24) is 19.9 Å². The molecule has 0 saturated carbocycles. The lowest BCUT2D eigenvalue weighted by atomic mass is 9.98. The highest BCUT2D eigenvalue weighted by Crippen LogP contribution is 2.43. The Morgan fingerprint density at radius 1 is 1.11 bits per heavy atom. The third-order valence-electron chi connectivity index (χ3n) is 5.29. The Kier molecular flexibility index (Phi) is 3.81. The van der Waals surface area contributed by atoms with E-state index in [1.54, 1.807) is 24.7 Å². The second kappa shape index (κ2) is 6.46. The van der Waals surface area contributed by atoms with E-state index in [1.807, 2.05) is 41.4 Å². The molecule has 2 atom stereocenters. The predicted octanol–water partition coefficient (Wildman–Crippen LogP) is 3.57. The van der Waals surface area contributed by atoms with Gasteiger partial charge in [-0.15, -0.1) is 0 Å². The van der Waals surface area contributed by atoms with Gasteiger partial charge in [-0.1, -0.05) is 12.1 Å². The average molecular weight is 358 g/mol. The van der Waals surface area contributed by atoms with Crippen LogP contribution in [0.4, 0.5) is 0 Å². The molecule has 2 aliphatic heterocycles. The van der Waals surface area contributed by atoms with Crippen LogP contribution in [0.3, 0.4) is 0 Å². The zero-order chi connectivity index (χ0) is 18.2. The van der Waals surface area contributed by atoms with E-state index in [0.717, 1.165) is 30.5 Å². The predicted molar refractivity (Wildman–Crippen MR) is 98.4 cm³/mol. The zero-order valence-corrected chi connectivity index (χ0v) is 14.7. The first-order chi connectivity index (χ1) is 13.3. The van der Waals surface area contributed by atoms with Crippen LogP contribution in [0.2, 0.25) is 0 Å². The fourth-order valence-electron chi connectivity index (χ4n) is 4.10. The van der Waals surface area contributed by atoms with Crippen LogP contribution in [0.15, 0.2) is 61.2 Å². The number of hydrogen-bond acceptors (Lipinski definition) is 5. The molecule has 0 aliphatic carbocycles. The second-order valence-corrected chi connectivity index (χ2v) is 6.89. The van der Waals surface area contributed by atoms with Crippen LogP contribution in [0.1, 0.15) is 40.5 Å². The van der Waals surface area contributed by atoms with E-state index < -0.39 is 0 Å². The molecule has 0 unspecified atom stereocenters. The van der Waals surface area contributed by atoms with Crippen molar-refractivity contribution in [2.45, 2.75) is 31.3 Å². The Morgan fingerprint density at radius 3 is 2.96 bits per heavy atom. The molecule has 2 aliphatic rings. The van der Waals surface area contributed by atoms with Gasteiger partial charge in [-0.2, -0.15) is 0 Å². The van der Waals surface area contributed by atoms with Crippen LogP contribution >= 0.6 is 0 Å². The molecule has 2 bridgehead atoms. The van der Waals surface area contributed by atoms with E-state index in [0.29, 0.717) is 17.2 Å². The molecule has 0 spiro atoms. The fraction of sp³-hybridized carbons (Fsp3) is 0.238. The van der Waals surface area contributed by atoms with E-state index in [4.69, 9.17) is 4.74 Å². The number of carbonyl (C=O) groups excluding carboxylic acids is 1. The fourth-order valence-corrected chi connectivity index (χ4v) is 4.10. The molecule has 134 valence electrons. The Bertz CT molecular complexity index is 992. The summed E-state index contributed by atoms with van der Waals surface area (Å²) in [5.41, 5.74) is 2.79. The third kappa shape index (κ3) is 2.83. The highest BCUT2D eigenvalue weighted by atomic mass is 16.5. The van der Waals surface area contributed by atoms with Crippen LogP contribution in [0.25, 0.3) is 0 Å². The standard InChI is InChI=1S/C21H18N4O2/c26-21(14-4-3-5-16(10-14)27-20-6-1-2-9-23-20)25-15-7-8-19(25)17-12-22-13-24-18(17)11-15/h1-6,9-10,12-13,15,19H,7-8,11H2/t15-,19-/m0/s1. The van der Waals surface area contributed by atoms with Crippen LogP contribution in [0, 0.1) is 0 Å². The van der Waals surface area contributed by atoms with E-state index in [-0.39, 0.29) is 18.0 Å². The van der Waals surface area contributed by atoms with Gasteiger partial charge in [0, 0.05) is 42.0 Å². The van der Waals surface area contributed by atoms with E-state index in [9.17, 15) is 4.79 Å². The maximum absolute atomic E-state index is 13.3. The maximum Gasteiger partial charge on any atom is 0.254 e. The summed E-state index contributed by atoms with van der Waals surface area (Å²) in [6.07, 6.45) is 7.88. The van der Waals surface area contributed by atoms with Crippen LogP contribution < -0.4 is 4.74 Å². The molecule has 1 fully saturated rings. The van der Waals surface area contributed by atoms with Crippen molar-refractivity contribution in [3.8, 4) is 11.6 Å². The second-order valence-electron chi connectivity index (χ2n) is 6.89. The quantitative estimate of drug-likeness (QED) is 0.716. The van der Waals surface area contributed by atoms with Crippen molar-refractivity contribution >= 4 is 5.91 Å². The van der Waals surface area contributed by atoms with Gasteiger partial charge in [0.15, 0.2) is 0 Å². The lowest BCUT2D eigenvalue weighted by Gasteiger charge is -2.35. The average Bonchev–Trinajstić information content (AvgIpc) is 3.03. The zero-order valence-electron chi connectivity index (χ0n) is 14.7. The van der Waals surface area contributed by atoms with Crippen molar-refractivity contribution in [2.24, 2.45) is 0 Å². The molecule has 27 heavy (non-hydrogen) atoms. The molecule has 1 saturated heterocycles. The molecule has 0 radical (unpaired) electrons. The molecule has 3 aromatic rings. The third-order valence-corrected chi connectivity index (χ3v) is 5.29. The van der Waals surface area contributed by atoms with Crippen molar-refractivity contribution < 1.29 is 9.53 Å². The molecular formula is C21H18N4O2. The minimum atomic E-state index is 0.0310. The molecule has 2 aromatic heterocycles. The lowest BCUT2D eigenvalue weighted by molar-refractivity contribution is 0.0643. The minimum Gasteiger partial charge on any atom is -0.439 e. The molecule has 6 heteroatoms. The first-order valence-corrected chi connectivity index (χ1v) is 9.10. The highest BCUT2D eigenvalue weighted by Gasteiger charge is 2.43. The molecular weight excluding hydrogens is 340 g/mol. The molecule has 4 heterocycles. The van der Waals surface area contributed by atoms with Gasteiger partial charge in [-0.25, -0.2) is 15.0 Å². The van der Waals surface area contributed by atoms with Crippen LogP contribution in [-0.2, 0) is 6.42 Å². The number of fused-ring (bicyclic) bond motifs is 4. The van der Waals surface area contributed by atoms with Crippen molar-refractivity contribution in [1.29, 1.82) is 0 Å². The van der Waals surface area contributed by atoms with Crippen LogP contribution in [-0.4, -0.2) is 31.8 Å². The van der Waals surface area contributed by atoms with Crippen molar-refractivity contribution in [3.05, 3.63) is 78.0 Å². The normalized spacial score (nSPS) is 20.2. The summed E-state index contributed by atoms with van der Waals surface area (Å²) in [6, 6.07) is 13.0. The molecule has 1 aromatic carbocycles. The van der Waals surface area contributed by atoms with Gasteiger partial charge < -0.3 is 9.64 Å². The highest BCUT2D eigenvalue weighted by molar-refractivity contribution is 5.95. The van der Waals surface area contributed by atoms with E-state index in [2.05, 4.69) is 15.0 Å². The van der Waals surface area contributed by atoms with Crippen molar-refractivity contribution in [2.75, 3.05) is 0 Å². The first-order valence-electron chi connectivity index (χ1n) is 9.10. The number of hydrogen-bond donors (Lipinski definition) is 0. The van der Waals surface area contributed by atoms with Gasteiger partial charge in [0.05, 0.1) is 11.7 Å². The maximum atomic E-state index is 13.3. The number of aromatic nitrogens is 3. The summed E-state index contributed by atoms with van der Waals surface area (Å²) in [7, 11) is 0. The Balaban J connectivity index is 1.43. The SMILES string of the molecule is O=C(c1cccc(Oc2ccccn2)c1)N1[C@H]2CC[C@H]1c1cncnc1C2.